The highest BCUT2D eigenvalue weighted by atomic mass is 31.2. The molecule has 1 saturated heterocycles. The number of rotatable bonds is 3. The van der Waals surface area contributed by atoms with Crippen LogP contribution in [-0.4, -0.2) is 17.3 Å². The van der Waals surface area contributed by atoms with Gasteiger partial charge in [-0.15, -0.1) is 0 Å². The fourth-order valence-corrected chi connectivity index (χ4v) is 5.39. The van der Waals surface area contributed by atoms with Crippen LogP contribution in [0, 0.1) is 0 Å². The molecule has 18 heavy (non-hydrogen) atoms. The average Bonchev–Trinajstić information content (AvgIpc) is 3.17. The van der Waals surface area contributed by atoms with Gasteiger partial charge in [0.2, 0.25) is 7.29 Å². The van der Waals surface area contributed by atoms with Crippen LogP contribution in [0.4, 0.5) is 0 Å². The third-order valence-electron chi connectivity index (χ3n) is 3.40. The first-order valence-corrected chi connectivity index (χ1v) is 7.87. The highest BCUT2D eigenvalue weighted by Crippen LogP contribution is 2.54. The molecule has 0 amide bonds. The highest BCUT2D eigenvalue weighted by Gasteiger charge is 2.46. The summed E-state index contributed by atoms with van der Waals surface area (Å²) >= 11 is 0. The van der Waals surface area contributed by atoms with Crippen molar-refractivity contribution in [1.29, 1.82) is 0 Å². The molecule has 0 aliphatic carbocycles. The monoisotopic (exact) mass is 257 g/mol. The molecule has 1 aliphatic heterocycles. The predicted octanol–water partition coefficient (Wildman–Crippen LogP) is 2.62. The summed E-state index contributed by atoms with van der Waals surface area (Å²) in [5, 5.41) is 1.86. The zero-order valence-electron chi connectivity index (χ0n) is 10.4. The molecule has 2 atom stereocenters. The van der Waals surface area contributed by atoms with E-state index in [0.717, 1.165) is 17.2 Å². The van der Waals surface area contributed by atoms with Crippen LogP contribution < -0.4 is 10.6 Å². The molecule has 1 heterocycles. The molecule has 92 valence electrons. The van der Waals surface area contributed by atoms with E-state index in [0.29, 0.717) is 6.04 Å². The molecule has 1 unspecified atom stereocenters. The predicted molar refractivity (Wildman–Crippen MR) is 75.9 cm³/mol. The Bertz CT molecular complexity index is 538. The SMILES string of the molecule is C[C@@H]1CN1P(=O)(c1ccccc1)c1ccccc1. The molecule has 1 aliphatic rings. The van der Waals surface area contributed by atoms with Gasteiger partial charge in [0.15, 0.2) is 0 Å². The van der Waals surface area contributed by atoms with Gasteiger partial charge in [-0.25, -0.2) is 4.67 Å². The van der Waals surface area contributed by atoms with Gasteiger partial charge in [-0.05, 0) is 31.2 Å². The van der Waals surface area contributed by atoms with Gasteiger partial charge in [-0.1, -0.05) is 36.4 Å². The third kappa shape index (κ3) is 1.82. The molecule has 0 saturated carbocycles. The van der Waals surface area contributed by atoms with Gasteiger partial charge < -0.3 is 0 Å². The molecular weight excluding hydrogens is 241 g/mol. The van der Waals surface area contributed by atoms with Crippen LogP contribution in [-0.2, 0) is 4.57 Å². The van der Waals surface area contributed by atoms with Gasteiger partial charge in [0.05, 0.1) is 0 Å². The molecule has 0 spiro atoms. The van der Waals surface area contributed by atoms with Crippen LogP contribution >= 0.6 is 7.29 Å². The van der Waals surface area contributed by atoms with E-state index in [2.05, 4.69) is 11.6 Å². The lowest BCUT2D eigenvalue weighted by molar-refractivity contribution is 0.560. The Morgan fingerprint density at radius 3 is 1.67 bits per heavy atom. The summed E-state index contributed by atoms with van der Waals surface area (Å²) in [6.45, 7) is 3.04. The van der Waals surface area contributed by atoms with Crippen LogP contribution in [0.25, 0.3) is 0 Å². The maximum Gasteiger partial charge on any atom is 0.207 e. The molecule has 0 aromatic heterocycles. The van der Waals surface area contributed by atoms with Crippen molar-refractivity contribution in [2.45, 2.75) is 13.0 Å². The van der Waals surface area contributed by atoms with Crippen LogP contribution in [0.15, 0.2) is 60.7 Å². The maximum absolute atomic E-state index is 13.5. The summed E-state index contributed by atoms with van der Waals surface area (Å²) in [7, 11) is -2.61. The molecule has 0 radical (unpaired) electrons. The second kappa shape index (κ2) is 4.38. The maximum atomic E-state index is 13.5. The van der Waals surface area contributed by atoms with Gasteiger partial charge in [0.25, 0.3) is 0 Å². The highest BCUT2D eigenvalue weighted by molar-refractivity contribution is 7.76. The third-order valence-corrected chi connectivity index (χ3v) is 6.68. The summed E-state index contributed by atoms with van der Waals surface area (Å²) < 4.78 is 15.6. The van der Waals surface area contributed by atoms with E-state index in [1.54, 1.807) is 0 Å². The summed E-state index contributed by atoms with van der Waals surface area (Å²) in [5.74, 6) is 0. The quantitative estimate of drug-likeness (QED) is 0.622. The Morgan fingerprint density at radius 2 is 1.33 bits per heavy atom. The van der Waals surface area contributed by atoms with Crippen molar-refractivity contribution in [2.24, 2.45) is 0 Å². The lowest BCUT2D eigenvalue weighted by atomic mass is 10.4. The summed E-state index contributed by atoms with van der Waals surface area (Å²) in [6, 6.07) is 20.1. The van der Waals surface area contributed by atoms with E-state index in [9.17, 15) is 4.57 Å². The van der Waals surface area contributed by atoms with Gasteiger partial charge in [0, 0.05) is 23.2 Å². The molecule has 3 heteroatoms. The lowest BCUT2D eigenvalue weighted by Gasteiger charge is -2.20. The Morgan fingerprint density at radius 1 is 0.944 bits per heavy atom. The number of benzene rings is 2. The number of hydrogen-bond acceptors (Lipinski definition) is 1. The smallest absolute Gasteiger partial charge is 0.207 e. The van der Waals surface area contributed by atoms with E-state index in [4.69, 9.17) is 0 Å². The minimum atomic E-state index is -2.61. The van der Waals surface area contributed by atoms with Gasteiger partial charge in [-0.2, -0.15) is 0 Å². The average molecular weight is 257 g/mol. The van der Waals surface area contributed by atoms with Gasteiger partial charge in [0.1, 0.15) is 0 Å². The normalized spacial score (nSPS) is 22.7. The first kappa shape index (κ1) is 11.7. The van der Waals surface area contributed by atoms with E-state index >= 15 is 0 Å². The molecule has 2 nitrogen and oxygen atoms in total. The summed E-state index contributed by atoms with van der Waals surface area (Å²) in [6.07, 6.45) is 0. The topological polar surface area (TPSA) is 20.1 Å². The first-order valence-electron chi connectivity index (χ1n) is 6.21. The van der Waals surface area contributed by atoms with Crippen LogP contribution in [0.3, 0.4) is 0 Å². The van der Waals surface area contributed by atoms with Crippen LogP contribution in [0.1, 0.15) is 6.92 Å². The zero-order chi connectivity index (χ0) is 12.6. The molecule has 0 N–H and O–H groups in total. The van der Waals surface area contributed by atoms with Crippen LogP contribution in [0.5, 0.6) is 0 Å². The zero-order valence-corrected chi connectivity index (χ0v) is 11.3. The first-order chi connectivity index (χ1) is 8.73. The molecule has 2 aromatic carbocycles. The van der Waals surface area contributed by atoms with Crippen molar-refractivity contribution in [2.75, 3.05) is 6.54 Å². The van der Waals surface area contributed by atoms with Crippen molar-refractivity contribution in [3.8, 4) is 0 Å². The second-order valence-corrected chi connectivity index (χ2v) is 7.42. The van der Waals surface area contributed by atoms with Crippen LogP contribution in [0.2, 0.25) is 0 Å². The largest absolute Gasteiger partial charge is 0.296 e. The lowest BCUT2D eigenvalue weighted by Crippen LogP contribution is -2.22. The van der Waals surface area contributed by atoms with E-state index in [-0.39, 0.29) is 0 Å². The molecule has 3 rings (SSSR count). The minimum Gasteiger partial charge on any atom is -0.296 e. The van der Waals surface area contributed by atoms with Gasteiger partial charge >= 0.3 is 0 Å². The van der Waals surface area contributed by atoms with Crippen molar-refractivity contribution >= 4 is 17.9 Å². The van der Waals surface area contributed by atoms with Crippen molar-refractivity contribution in [3.05, 3.63) is 60.7 Å². The minimum absolute atomic E-state index is 0.413. The Balaban J connectivity index is 2.14. The fraction of sp³-hybridized carbons (Fsp3) is 0.200. The molecular formula is C15H16NOP. The second-order valence-electron chi connectivity index (χ2n) is 4.72. The molecule has 2 aromatic rings. The Hall–Kier alpha value is -1.37. The van der Waals surface area contributed by atoms with Crippen molar-refractivity contribution < 1.29 is 4.57 Å². The summed E-state index contributed by atoms with van der Waals surface area (Å²) in [4.78, 5) is 0. The Kier molecular flexibility index (Phi) is 2.85. The Labute approximate surface area is 108 Å². The van der Waals surface area contributed by atoms with Crippen molar-refractivity contribution in [3.63, 3.8) is 0 Å². The standard InChI is InChI=1S/C15H16NOP/c1-13-12-16(13)18(17,14-8-4-2-5-9-14)15-10-6-3-7-11-15/h2-11,13H,12H2,1H3/t13-,16?/m1/s1. The fourth-order valence-electron chi connectivity index (χ4n) is 2.32. The number of hydrogen-bond donors (Lipinski definition) is 0. The van der Waals surface area contributed by atoms with E-state index < -0.39 is 7.29 Å². The van der Waals surface area contributed by atoms with Crippen molar-refractivity contribution in [1.82, 2.24) is 4.67 Å². The summed E-state index contributed by atoms with van der Waals surface area (Å²) in [5.41, 5.74) is 0. The van der Waals surface area contributed by atoms with E-state index in [1.807, 2.05) is 60.7 Å². The number of nitrogens with zero attached hydrogens (tertiary/aromatic N) is 1. The van der Waals surface area contributed by atoms with Gasteiger partial charge in [-0.3, -0.25) is 4.57 Å². The van der Waals surface area contributed by atoms with E-state index in [1.165, 1.54) is 0 Å². The molecule has 0 bridgehead atoms. The molecule has 1 fully saturated rings.